The quantitative estimate of drug-likeness (QED) is 0.685. The maximum Gasteiger partial charge on any atom is 0.146 e. The van der Waals surface area contributed by atoms with Crippen molar-refractivity contribution in [3.8, 4) is 6.07 Å². The molecule has 0 aromatic carbocycles. The molecule has 1 saturated carbocycles. The molecule has 12 heavy (non-hydrogen) atoms. The Morgan fingerprint density at radius 2 is 2.17 bits per heavy atom. The lowest BCUT2D eigenvalue weighted by molar-refractivity contribution is 0.0284. The molecule has 3 heteroatoms. The van der Waals surface area contributed by atoms with Crippen LogP contribution in [0.2, 0.25) is 0 Å². The zero-order valence-electron chi connectivity index (χ0n) is 7.20. The molecule has 3 nitrogen and oxygen atoms in total. The minimum Gasteiger partial charge on any atom is -0.394 e. The third-order valence-electron chi connectivity index (χ3n) is 2.34. The first kappa shape index (κ1) is 9.50. The topological polar surface area (TPSA) is 53.2 Å². The van der Waals surface area contributed by atoms with Crippen LogP contribution in [0.3, 0.4) is 0 Å². The van der Waals surface area contributed by atoms with Gasteiger partial charge in [-0.15, -0.1) is 0 Å². The van der Waals surface area contributed by atoms with E-state index in [2.05, 4.69) is 6.07 Å². The van der Waals surface area contributed by atoms with Crippen LogP contribution in [0.15, 0.2) is 0 Å². The van der Waals surface area contributed by atoms with E-state index in [0.29, 0.717) is 5.92 Å². The standard InChI is InChI=1S/C9H15NO2/c10-7-9(12-6-5-11)8-3-1-2-4-8/h8-9,11H,1-6H2. The first-order chi connectivity index (χ1) is 5.88. The van der Waals surface area contributed by atoms with Gasteiger partial charge in [-0.1, -0.05) is 12.8 Å². The first-order valence-electron chi connectivity index (χ1n) is 4.50. The highest BCUT2D eigenvalue weighted by Gasteiger charge is 2.24. The Kier molecular flexibility index (Phi) is 4.06. The van der Waals surface area contributed by atoms with Crippen molar-refractivity contribution < 1.29 is 9.84 Å². The lowest BCUT2D eigenvalue weighted by Crippen LogP contribution is -2.21. The molecule has 0 radical (unpaired) electrons. The molecule has 0 aliphatic heterocycles. The largest absolute Gasteiger partial charge is 0.394 e. The molecule has 0 heterocycles. The van der Waals surface area contributed by atoms with Crippen molar-refractivity contribution in [1.82, 2.24) is 0 Å². The van der Waals surface area contributed by atoms with Crippen LogP contribution in [0.5, 0.6) is 0 Å². The zero-order chi connectivity index (χ0) is 8.81. The summed E-state index contributed by atoms with van der Waals surface area (Å²) < 4.78 is 5.21. The molecule has 1 atom stereocenters. The Morgan fingerprint density at radius 3 is 2.67 bits per heavy atom. The van der Waals surface area contributed by atoms with E-state index in [1.54, 1.807) is 0 Å². The highest BCUT2D eigenvalue weighted by Crippen LogP contribution is 2.28. The van der Waals surface area contributed by atoms with Crippen LogP contribution in [0.1, 0.15) is 25.7 Å². The van der Waals surface area contributed by atoms with E-state index in [9.17, 15) is 0 Å². The Labute approximate surface area is 73.0 Å². The van der Waals surface area contributed by atoms with Crippen LogP contribution in [0.25, 0.3) is 0 Å². The lowest BCUT2D eigenvalue weighted by Gasteiger charge is -2.15. The van der Waals surface area contributed by atoms with Crippen LogP contribution < -0.4 is 0 Å². The fourth-order valence-corrected chi connectivity index (χ4v) is 1.72. The fourth-order valence-electron chi connectivity index (χ4n) is 1.72. The van der Waals surface area contributed by atoms with E-state index in [4.69, 9.17) is 15.1 Å². The molecule has 0 aromatic rings. The zero-order valence-corrected chi connectivity index (χ0v) is 7.20. The molecule has 0 aromatic heterocycles. The van der Waals surface area contributed by atoms with Gasteiger partial charge in [0.2, 0.25) is 0 Å². The van der Waals surface area contributed by atoms with E-state index < -0.39 is 0 Å². The summed E-state index contributed by atoms with van der Waals surface area (Å²) in [6.07, 6.45) is 4.34. The molecule has 0 amide bonds. The van der Waals surface area contributed by atoms with E-state index in [1.165, 1.54) is 12.8 Å². The van der Waals surface area contributed by atoms with Crippen LogP contribution in [-0.2, 0) is 4.74 Å². The predicted molar refractivity (Wildman–Crippen MR) is 44.4 cm³/mol. The molecule has 1 fully saturated rings. The molecule has 1 unspecified atom stereocenters. The summed E-state index contributed by atoms with van der Waals surface area (Å²) >= 11 is 0. The van der Waals surface area contributed by atoms with Crippen molar-refractivity contribution in [3.05, 3.63) is 0 Å². The van der Waals surface area contributed by atoms with Gasteiger partial charge >= 0.3 is 0 Å². The summed E-state index contributed by atoms with van der Waals surface area (Å²) in [5.74, 6) is 0.404. The summed E-state index contributed by atoms with van der Waals surface area (Å²) in [6, 6.07) is 2.15. The second-order valence-electron chi connectivity index (χ2n) is 3.19. The third kappa shape index (κ3) is 2.47. The normalized spacial score (nSPS) is 20.7. The molecule has 0 bridgehead atoms. The maximum absolute atomic E-state index is 8.76. The second-order valence-corrected chi connectivity index (χ2v) is 3.19. The van der Waals surface area contributed by atoms with Crippen molar-refractivity contribution in [3.63, 3.8) is 0 Å². The van der Waals surface area contributed by atoms with E-state index >= 15 is 0 Å². The van der Waals surface area contributed by atoms with E-state index in [-0.39, 0.29) is 19.3 Å². The minimum absolute atomic E-state index is 0.00486. The van der Waals surface area contributed by atoms with E-state index in [0.717, 1.165) is 12.8 Å². The highest BCUT2D eigenvalue weighted by molar-refractivity contribution is 4.91. The number of hydrogen-bond acceptors (Lipinski definition) is 3. The average molecular weight is 169 g/mol. The Hall–Kier alpha value is -0.590. The van der Waals surface area contributed by atoms with Gasteiger partial charge in [0.15, 0.2) is 0 Å². The molecular formula is C9H15NO2. The van der Waals surface area contributed by atoms with Gasteiger partial charge in [-0.2, -0.15) is 5.26 Å². The molecule has 1 N–H and O–H groups in total. The number of hydrogen-bond donors (Lipinski definition) is 1. The number of aliphatic hydroxyl groups is 1. The Bertz CT molecular complexity index is 158. The first-order valence-corrected chi connectivity index (χ1v) is 4.50. The summed E-state index contributed by atoms with van der Waals surface area (Å²) in [5, 5.41) is 17.3. The number of rotatable bonds is 4. The molecule has 68 valence electrons. The lowest BCUT2D eigenvalue weighted by atomic mass is 10.0. The van der Waals surface area contributed by atoms with Crippen LogP contribution in [-0.4, -0.2) is 24.4 Å². The van der Waals surface area contributed by atoms with Crippen LogP contribution >= 0.6 is 0 Å². The number of nitrogens with zero attached hydrogens (tertiary/aromatic N) is 1. The van der Waals surface area contributed by atoms with Gasteiger partial charge in [0.25, 0.3) is 0 Å². The van der Waals surface area contributed by atoms with Crippen molar-refractivity contribution in [2.75, 3.05) is 13.2 Å². The third-order valence-corrected chi connectivity index (χ3v) is 2.34. The number of ether oxygens (including phenoxy) is 1. The molecule has 0 spiro atoms. The van der Waals surface area contributed by atoms with E-state index in [1.807, 2.05) is 0 Å². The smallest absolute Gasteiger partial charge is 0.146 e. The van der Waals surface area contributed by atoms with Crippen molar-refractivity contribution in [1.29, 1.82) is 5.26 Å². The Balaban J connectivity index is 2.29. The average Bonchev–Trinajstić information content (AvgIpc) is 2.59. The molecule has 1 aliphatic rings. The monoisotopic (exact) mass is 169 g/mol. The summed E-state index contributed by atoms with van der Waals surface area (Å²) in [5.41, 5.74) is 0. The van der Waals surface area contributed by atoms with Crippen molar-refractivity contribution in [2.45, 2.75) is 31.8 Å². The summed E-state index contributed by atoms with van der Waals surface area (Å²) in [7, 11) is 0. The highest BCUT2D eigenvalue weighted by atomic mass is 16.5. The minimum atomic E-state index is -0.292. The molecule has 1 aliphatic carbocycles. The van der Waals surface area contributed by atoms with Gasteiger partial charge in [-0.25, -0.2) is 0 Å². The fraction of sp³-hybridized carbons (Fsp3) is 0.889. The maximum atomic E-state index is 8.76. The number of aliphatic hydroxyl groups excluding tert-OH is 1. The van der Waals surface area contributed by atoms with Gasteiger partial charge in [0, 0.05) is 0 Å². The second kappa shape index (κ2) is 5.13. The summed E-state index contributed by atoms with van der Waals surface area (Å²) in [6.45, 7) is 0.291. The van der Waals surface area contributed by atoms with Crippen LogP contribution in [0.4, 0.5) is 0 Å². The molecule has 0 saturated heterocycles. The predicted octanol–water partition coefficient (Wildman–Crippen LogP) is 1.08. The van der Waals surface area contributed by atoms with Gasteiger partial charge in [0.1, 0.15) is 6.10 Å². The summed E-state index contributed by atoms with van der Waals surface area (Å²) in [4.78, 5) is 0. The SMILES string of the molecule is N#CC(OCCO)C1CCCC1. The molecule has 1 rings (SSSR count). The number of nitriles is 1. The van der Waals surface area contributed by atoms with Gasteiger partial charge in [0.05, 0.1) is 19.3 Å². The van der Waals surface area contributed by atoms with Crippen molar-refractivity contribution in [2.24, 2.45) is 5.92 Å². The van der Waals surface area contributed by atoms with Gasteiger partial charge < -0.3 is 9.84 Å². The van der Waals surface area contributed by atoms with Gasteiger partial charge in [-0.05, 0) is 18.8 Å². The Morgan fingerprint density at radius 1 is 1.50 bits per heavy atom. The molecular weight excluding hydrogens is 154 g/mol. The van der Waals surface area contributed by atoms with Gasteiger partial charge in [-0.3, -0.25) is 0 Å². The van der Waals surface area contributed by atoms with Crippen molar-refractivity contribution >= 4 is 0 Å². The van der Waals surface area contributed by atoms with Crippen LogP contribution in [0, 0.1) is 17.2 Å².